The predicted octanol–water partition coefficient (Wildman–Crippen LogP) is 0.729. The number of ether oxygens (including phenoxy) is 1. The van der Waals surface area contributed by atoms with Crippen molar-refractivity contribution in [3.05, 3.63) is 36.2 Å². The van der Waals surface area contributed by atoms with Gasteiger partial charge in [0.2, 0.25) is 10.0 Å². The number of aromatic amines is 1. The molecule has 3 fully saturated rings. The van der Waals surface area contributed by atoms with Gasteiger partial charge in [-0.1, -0.05) is 17.3 Å². The lowest BCUT2D eigenvalue weighted by Crippen LogP contribution is -2.74. The van der Waals surface area contributed by atoms with Crippen LogP contribution in [0.2, 0.25) is 0 Å². The zero-order valence-electron chi connectivity index (χ0n) is 16.7. The number of carbonyl (C=O) groups is 1. The minimum atomic E-state index is -3.60. The molecule has 30 heavy (non-hydrogen) atoms. The van der Waals surface area contributed by atoms with E-state index in [1.165, 1.54) is 11.4 Å². The van der Waals surface area contributed by atoms with E-state index in [0.29, 0.717) is 45.0 Å². The number of hydrogen-bond acceptors (Lipinski definition) is 6. The van der Waals surface area contributed by atoms with Crippen LogP contribution in [0.4, 0.5) is 4.79 Å². The van der Waals surface area contributed by atoms with Crippen LogP contribution in [0.5, 0.6) is 5.75 Å². The summed E-state index contributed by atoms with van der Waals surface area (Å²) in [5.41, 5.74) is 0.832. The number of nitrogens with zero attached hydrogens (tertiary/aromatic N) is 5. The number of aromatic nitrogens is 3. The molecule has 0 aliphatic carbocycles. The highest BCUT2D eigenvalue weighted by Gasteiger charge is 2.57. The van der Waals surface area contributed by atoms with Crippen molar-refractivity contribution in [3.63, 3.8) is 0 Å². The Morgan fingerprint density at radius 2 is 1.97 bits per heavy atom. The molecule has 1 aromatic heterocycles. The summed E-state index contributed by atoms with van der Waals surface area (Å²) in [5, 5.41) is 10.4. The van der Waals surface area contributed by atoms with Gasteiger partial charge in [-0.2, -0.15) is 4.31 Å². The van der Waals surface area contributed by atoms with Gasteiger partial charge in [-0.3, -0.25) is 5.10 Å². The second-order valence-corrected chi connectivity index (χ2v) is 10.3. The van der Waals surface area contributed by atoms with Crippen molar-refractivity contribution >= 4 is 16.1 Å². The maximum absolute atomic E-state index is 12.9. The van der Waals surface area contributed by atoms with Crippen LogP contribution in [0, 0.1) is 5.41 Å². The number of amides is 2. The molecule has 3 aliphatic heterocycles. The number of urea groups is 1. The van der Waals surface area contributed by atoms with Crippen LogP contribution < -0.4 is 4.74 Å². The standard InChI is InChI=1S/C19H24N6O4S/c1-29-16-4-2-3-5-17(16)30(27,28)25-12-19(13-25)10-24(11-19)18(26)23-7-6-14(9-23)15-8-20-22-21-15/h2-5,8,14H,6-7,9-13H2,1H3,(H,20,21,22)/t14-/m0/s1. The molecule has 160 valence electrons. The zero-order valence-corrected chi connectivity index (χ0v) is 17.5. The van der Waals surface area contributed by atoms with Gasteiger partial charge >= 0.3 is 6.03 Å². The van der Waals surface area contributed by atoms with Crippen LogP contribution in [-0.4, -0.2) is 90.3 Å². The molecule has 10 nitrogen and oxygen atoms in total. The summed E-state index contributed by atoms with van der Waals surface area (Å²) < 4.78 is 32.6. The minimum absolute atomic E-state index is 0.0293. The quantitative estimate of drug-likeness (QED) is 0.762. The topological polar surface area (TPSA) is 112 Å². The van der Waals surface area contributed by atoms with E-state index in [1.807, 2.05) is 9.80 Å². The molecule has 0 unspecified atom stereocenters. The van der Waals surface area contributed by atoms with Crippen molar-refractivity contribution in [2.75, 3.05) is 46.4 Å². The van der Waals surface area contributed by atoms with Gasteiger partial charge in [0.15, 0.2) is 0 Å². The number of benzene rings is 1. The predicted molar refractivity (Wildman–Crippen MR) is 106 cm³/mol. The van der Waals surface area contributed by atoms with Crippen molar-refractivity contribution in [2.45, 2.75) is 17.2 Å². The first-order valence-corrected chi connectivity index (χ1v) is 11.4. The SMILES string of the molecule is COc1ccccc1S(=O)(=O)N1CC2(CN(C(=O)N3CC[C@H](c4cnn[nH]4)C3)C2)C1. The van der Waals surface area contributed by atoms with Crippen molar-refractivity contribution < 1.29 is 17.9 Å². The minimum Gasteiger partial charge on any atom is -0.495 e. The van der Waals surface area contributed by atoms with Gasteiger partial charge < -0.3 is 14.5 Å². The number of para-hydroxylation sites is 1. The lowest BCUT2D eigenvalue weighted by atomic mass is 9.74. The lowest BCUT2D eigenvalue weighted by Gasteiger charge is -2.59. The molecular formula is C19H24N6O4S. The van der Waals surface area contributed by atoms with Crippen molar-refractivity contribution in [1.82, 2.24) is 29.5 Å². The molecule has 1 N–H and O–H groups in total. The molecule has 11 heteroatoms. The first-order chi connectivity index (χ1) is 14.4. The Bertz CT molecular complexity index is 1040. The number of H-pyrrole nitrogens is 1. The molecule has 5 rings (SSSR count). The molecule has 3 saturated heterocycles. The molecule has 1 aromatic carbocycles. The van der Waals surface area contributed by atoms with Crippen LogP contribution in [0.15, 0.2) is 35.4 Å². The maximum atomic E-state index is 12.9. The molecule has 4 heterocycles. The number of methoxy groups -OCH3 is 1. The van der Waals surface area contributed by atoms with Crippen molar-refractivity contribution in [2.24, 2.45) is 5.41 Å². The van der Waals surface area contributed by atoms with Gasteiger partial charge in [0, 0.05) is 50.6 Å². The van der Waals surface area contributed by atoms with Crippen LogP contribution in [0.25, 0.3) is 0 Å². The van der Waals surface area contributed by atoms with Gasteiger partial charge in [-0.25, -0.2) is 13.2 Å². The zero-order chi connectivity index (χ0) is 20.9. The van der Waals surface area contributed by atoms with Crippen LogP contribution >= 0.6 is 0 Å². The van der Waals surface area contributed by atoms with E-state index >= 15 is 0 Å². The van der Waals surface area contributed by atoms with Crippen LogP contribution in [-0.2, 0) is 10.0 Å². The molecule has 0 radical (unpaired) electrons. The molecule has 0 saturated carbocycles. The molecule has 2 amide bonds. The van der Waals surface area contributed by atoms with E-state index in [-0.39, 0.29) is 22.3 Å². The summed E-state index contributed by atoms with van der Waals surface area (Å²) in [6, 6.07) is 6.68. The monoisotopic (exact) mass is 432 g/mol. The molecule has 1 spiro atoms. The van der Waals surface area contributed by atoms with E-state index in [0.717, 1.165) is 12.1 Å². The highest BCUT2D eigenvalue weighted by atomic mass is 32.2. The normalized spacial score (nSPS) is 23.3. The van der Waals surface area contributed by atoms with Gasteiger partial charge in [-0.15, -0.1) is 5.10 Å². The second-order valence-electron chi connectivity index (χ2n) is 8.41. The third-order valence-corrected chi connectivity index (χ3v) is 8.20. The molecule has 2 aromatic rings. The fourth-order valence-electron chi connectivity index (χ4n) is 4.73. The number of nitrogens with one attached hydrogen (secondary N) is 1. The Labute approximate surface area is 174 Å². The molecule has 3 aliphatic rings. The average Bonchev–Trinajstić information content (AvgIpc) is 3.37. The number of rotatable bonds is 4. The highest BCUT2D eigenvalue weighted by Crippen LogP contribution is 2.44. The van der Waals surface area contributed by atoms with Gasteiger partial charge in [0.25, 0.3) is 0 Å². The fraction of sp³-hybridized carbons (Fsp3) is 0.526. The Hall–Kier alpha value is -2.66. The van der Waals surface area contributed by atoms with Gasteiger partial charge in [0.05, 0.1) is 19.0 Å². The molecule has 0 bridgehead atoms. The Morgan fingerprint density at radius 3 is 2.67 bits per heavy atom. The highest BCUT2D eigenvalue weighted by molar-refractivity contribution is 7.89. The van der Waals surface area contributed by atoms with Gasteiger partial charge in [-0.05, 0) is 18.6 Å². The Morgan fingerprint density at radius 1 is 1.20 bits per heavy atom. The second kappa shape index (κ2) is 6.95. The van der Waals surface area contributed by atoms with Crippen LogP contribution in [0.1, 0.15) is 18.0 Å². The average molecular weight is 433 g/mol. The first kappa shape index (κ1) is 19.3. The van der Waals surface area contributed by atoms with Crippen molar-refractivity contribution in [1.29, 1.82) is 0 Å². The smallest absolute Gasteiger partial charge is 0.320 e. The molecule has 1 atom stereocenters. The summed E-state index contributed by atoms with van der Waals surface area (Å²) in [4.78, 5) is 16.7. The number of carbonyl (C=O) groups excluding carboxylic acids is 1. The maximum Gasteiger partial charge on any atom is 0.320 e. The third kappa shape index (κ3) is 3.03. The third-order valence-electron chi connectivity index (χ3n) is 6.37. The van der Waals surface area contributed by atoms with E-state index in [1.54, 1.807) is 30.5 Å². The Kier molecular flexibility index (Phi) is 4.47. The van der Waals surface area contributed by atoms with E-state index in [4.69, 9.17) is 4.74 Å². The fourth-order valence-corrected chi connectivity index (χ4v) is 6.55. The number of likely N-dealkylation sites (tertiary alicyclic amines) is 2. The first-order valence-electron chi connectivity index (χ1n) is 9.95. The Balaban J connectivity index is 1.17. The number of sulfonamides is 1. The molecular weight excluding hydrogens is 408 g/mol. The summed E-state index contributed by atoms with van der Waals surface area (Å²) in [7, 11) is -2.13. The van der Waals surface area contributed by atoms with E-state index < -0.39 is 10.0 Å². The van der Waals surface area contributed by atoms with E-state index in [2.05, 4.69) is 15.4 Å². The van der Waals surface area contributed by atoms with Crippen LogP contribution in [0.3, 0.4) is 0 Å². The summed E-state index contributed by atoms with van der Waals surface area (Å²) in [5.74, 6) is 0.587. The van der Waals surface area contributed by atoms with Crippen molar-refractivity contribution in [3.8, 4) is 5.75 Å². The summed E-state index contributed by atoms with van der Waals surface area (Å²) in [6.07, 6.45) is 2.60. The van der Waals surface area contributed by atoms with E-state index in [9.17, 15) is 13.2 Å². The summed E-state index contributed by atoms with van der Waals surface area (Å²) in [6.45, 7) is 3.41. The number of hydrogen-bond donors (Lipinski definition) is 1. The summed E-state index contributed by atoms with van der Waals surface area (Å²) >= 11 is 0. The lowest BCUT2D eigenvalue weighted by molar-refractivity contribution is -0.0621. The largest absolute Gasteiger partial charge is 0.495 e. The van der Waals surface area contributed by atoms with Gasteiger partial charge in [0.1, 0.15) is 10.6 Å².